The van der Waals surface area contributed by atoms with Crippen molar-refractivity contribution in [1.82, 2.24) is 9.97 Å². The Morgan fingerprint density at radius 3 is 2.68 bits per heavy atom. The number of amides is 1. The van der Waals surface area contributed by atoms with Crippen LogP contribution in [0.3, 0.4) is 0 Å². The van der Waals surface area contributed by atoms with Crippen molar-refractivity contribution in [2.75, 3.05) is 11.4 Å². The highest BCUT2D eigenvalue weighted by atomic mass is 16.2. The van der Waals surface area contributed by atoms with Crippen molar-refractivity contribution in [3.05, 3.63) is 89.9 Å². The molecule has 4 nitrogen and oxygen atoms in total. The Kier molecular flexibility index (Phi) is 3.90. The van der Waals surface area contributed by atoms with Crippen LogP contribution in [0, 0.1) is 6.92 Å². The molecule has 4 heteroatoms. The molecule has 0 radical (unpaired) electrons. The molecule has 28 heavy (non-hydrogen) atoms. The zero-order chi connectivity index (χ0) is 19.1. The summed E-state index contributed by atoms with van der Waals surface area (Å²) in [7, 11) is 0. The number of anilines is 1. The number of pyridine rings is 2. The third-order valence-corrected chi connectivity index (χ3v) is 5.32. The number of fused-ring (bicyclic) bond motifs is 2. The number of para-hydroxylation sites is 1. The first kappa shape index (κ1) is 16.6. The summed E-state index contributed by atoms with van der Waals surface area (Å²) in [5, 5.41) is 0.990. The van der Waals surface area contributed by atoms with E-state index in [1.165, 1.54) is 5.56 Å². The largest absolute Gasteiger partial charge is 0.308 e. The van der Waals surface area contributed by atoms with Gasteiger partial charge in [0.1, 0.15) is 0 Å². The molecule has 2 aromatic heterocycles. The number of nitrogens with zero attached hydrogens (tertiary/aromatic N) is 3. The van der Waals surface area contributed by atoms with Crippen molar-refractivity contribution in [2.45, 2.75) is 13.3 Å². The average molecular weight is 365 g/mol. The molecular weight excluding hydrogens is 346 g/mol. The van der Waals surface area contributed by atoms with E-state index >= 15 is 0 Å². The third-order valence-electron chi connectivity index (χ3n) is 5.32. The molecule has 1 aliphatic rings. The predicted molar refractivity (Wildman–Crippen MR) is 112 cm³/mol. The van der Waals surface area contributed by atoms with Gasteiger partial charge in [-0.1, -0.05) is 24.3 Å². The predicted octanol–water partition coefficient (Wildman–Crippen LogP) is 4.81. The van der Waals surface area contributed by atoms with Crippen molar-refractivity contribution in [1.29, 1.82) is 0 Å². The molecule has 2 aromatic carbocycles. The summed E-state index contributed by atoms with van der Waals surface area (Å²) >= 11 is 0. The van der Waals surface area contributed by atoms with Gasteiger partial charge < -0.3 is 4.90 Å². The highest BCUT2D eigenvalue weighted by Gasteiger charge is 2.27. The monoisotopic (exact) mass is 365 g/mol. The summed E-state index contributed by atoms with van der Waals surface area (Å²) in [6.07, 6.45) is 4.46. The molecule has 136 valence electrons. The zero-order valence-electron chi connectivity index (χ0n) is 15.6. The molecular formula is C24H19N3O. The molecule has 1 aliphatic heterocycles. The molecule has 0 spiro atoms. The first-order chi connectivity index (χ1) is 13.7. The van der Waals surface area contributed by atoms with Gasteiger partial charge in [-0.15, -0.1) is 0 Å². The van der Waals surface area contributed by atoms with E-state index in [0.717, 1.165) is 39.8 Å². The van der Waals surface area contributed by atoms with Crippen LogP contribution in [0.25, 0.3) is 22.0 Å². The maximum Gasteiger partial charge on any atom is 0.260 e. The SMILES string of the molecule is Cc1ccc2cccc(C(=O)N3CCc4cc(-c5ccncc5)ccc43)c2n1. The van der Waals surface area contributed by atoms with Crippen molar-refractivity contribution in [2.24, 2.45) is 0 Å². The Morgan fingerprint density at radius 1 is 0.964 bits per heavy atom. The van der Waals surface area contributed by atoms with Gasteiger partial charge in [0.25, 0.3) is 5.91 Å². The third kappa shape index (κ3) is 2.74. The van der Waals surface area contributed by atoms with Gasteiger partial charge in [0, 0.05) is 35.7 Å². The summed E-state index contributed by atoms with van der Waals surface area (Å²) in [6.45, 7) is 2.64. The fourth-order valence-corrected chi connectivity index (χ4v) is 3.90. The van der Waals surface area contributed by atoms with E-state index in [0.29, 0.717) is 12.1 Å². The molecule has 0 bridgehead atoms. The topological polar surface area (TPSA) is 46.1 Å². The standard InChI is InChI=1S/C24H19N3O/c1-16-5-6-18-3-2-4-21(23(18)26-16)24(28)27-14-11-20-15-19(7-8-22(20)27)17-9-12-25-13-10-17/h2-10,12-13,15H,11,14H2,1H3. The van der Waals surface area contributed by atoms with Gasteiger partial charge in [-0.05, 0) is 66.4 Å². The Hall–Kier alpha value is -3.53. The minimum atomic E-state index is 0.0131. The van der Waals surface area contributed by atoms with Crippen LogP contribution in [0.1, 0.15) is 21.6 Å². The minimum Gasteiger partial charge on any atom is -0.308 e. The molecule has 0 atom stereocenters. The Labute approximate surface area is 163 Å². The second-order valence-electron chi connectivity index (χ2n) is 7.12. The zero-order valence-corrected chi connectivity index (χ0v) is 15.6. The van der Waals surface area contributed by atoms with E-state index in [9.17, 15) is 4.79 Å². The lowest BCUT2D eigenvalue weighted by Gasteiger charge is -2.18. The van der Waals surface area contributed by atoms with E-state index in [1.54, 1.807) is 12.4 Å². The Bertz CT molecular complexity index is 1200. The number of rotatable bonds is 2. The van der Waals surface area contributed by atoms with Crippen molar-refractivity contribution < 1.29 is 4.79 Å². The van der Waals surface area contributed by atoms with E-state index in [1.807, 2.05) is 54.3 Å². The molecule has 1 amide bonds. The maximum absolute atomic E-state index is 13.4. The minimum absolute atomic E-state index is 0.0131. The molecule has 5 rings (SSSR count). The van der Waals surface area contributed by atoms with Crippen molar-refractivity contribution in [3.63, 3.8) is 0 Å². The number of carbonyl (C=O) groups excluding carboxylic acids is 1. The number of hydrogen-bond donors (Lipinski definition) is 0. The summed E-state index contributed by atoms with van der Waals surface area (Å²) in [6, 6.07) is 20.1. The highest BCUT2D eigenvalue weighted by Crippen LogP contribution is 2.34. The second-order valence-corrected chi connectivity index (χ2v) is 7.12. The number of hydrogen-bond acceptors (Lipinski definition) is 3. The molecule has 3 heterocycles. The van der Waals surface area contributed by atoms with Crippen LogP contribution in [-0.4, -0.2) is 22.4 Å². The van der Waals surface area contributed by atoms with Crippen LogP contribution in [-0.2, 0) is 6.42 Å². The van der Waals surface area contributed by atoms with E-state index < -0.39 is 0 Å². The van der Waals surface area contributed by atoms with E-state index in [-0.39, 0.29) is 5.91 Å². The molecule has 0 fully saturated rings. The Balaban J connectivity index is 1.53. The average Bonchev–Trinajstić information content (AvgIpc) is 3.16. The fourth-order valence-electron chi connectivity index (χ4n) is 3.90. The van der Waals surface area contributed by atoms with Gasteiger partial charge in [-0.3, -0.25) is 14.8 Å². The highest BCUT2D eigenvalue weighted by molar-refractivity contribution is 6.14. The number of carbonyl (C=O) groups is 1. The second kappa shape index (κ2) is 6.57. The van der Waals surface area contributed by atoms with Crippen LogP contribution in [0.5, 0.6) is 0 Å². The quantitative estimate of drug-likeness (QED) is 0.512. The van der Waals surface area contributed by atoms with Gasteiger partial charge in [0.05, 0.1) is 11.1 Å². The first-order valence-corrected chi connectivity index (χ1v) is 9.42. The smallest absolute Gasteiger partial charge is 0.260 e. The van der Waals surface area contributed by atoms with Crippen molar-refractivity contribution in [3.8, 4) is 11.1 Å². The van der Waals surface area contributed by atoms with Gasteiger partial charge >= 0.3 is 0 Å². The van der Waals surface area contributed by atoms with E-state index in [2.05, 4.69) is 28.2 Å². The van der Waals surface area contributed by atoms with Crippen molar-refractivity contribution >= 4 is 22.5 Å². The van der Waals surface area contributed by atoms with Crippen LogP contribution >= 0.6 is 0 Å². The summed E-state index contributed by atoms with van der Waals surface area (Å²) < 4.78 is 0. The first-order valence-electron chi connectivity index (χ1n) is 9.42. The van der Waals surface area contributed by atoms with Gasteiger partial charge in [-0.2, -0.15) is 0 Å². The normalized spacial score (nSPS) is 13.0. The van der Waals surface area contributed by atoms with Crippen LogP contribution < -0.4 is 4.90 Å². The van der Waals surface area contributed by atoms with Crippen LogP contribution in [0.2, 0.25) is 0 Å². The molecule has 0 aliphatic carbocycles. The Morgan fingerprint density at radius 2 is 1.82 bits per heavy atom. The lowest BCUT2D eigenvalue weighted by atomic mass is 10.0. The van der Waals surface area contributed by atoms with Gasteiger partial charge in [0.2, 0.25) is 0 Å². The molecule has 0 unspecified atom stereocenters. The van der Waals surface area contributed by atoms with Gasteiger partial charge in [0.15, 0.2) is 0 Å². The van der Waals surface area contributed by atoms with Gasteiger partial charge in [-0.25, -0.2) is 0 Å². The lowest BCUT2D eigenvalue weighted by Crippen LogP contribution is -2.29. The van der Waals surface area contributed by atoms with Crippen LogP contribution in [0.15, 0.2) is 73.1 Å². The molecule has 0 saturated heterocycles. The summed E-state index contributed by atoms with van der Waals surface area (Å²) in [5.74, 6) is 0.0131. The number of aromatic nitrogens is 2. The summed E-state index contributed by atoms with van der Waals surface area (Å²) in [4.78, 5) is 24.0. The molecule has 0 N–H and O–H groups in total. The van der Waals surface area contributed by atoms with E-state index in [4.69, 9.17) is 0 Å². The van der Waals surface area contributed by atoms with Crippen LogP contribution in [0.4, 0.5) is 5.69 Å². The maximum atomic E-state index is 13.4. The number of benzene rings is 2. The number of aryl methyl sites for hydroxylation is 1. The lowest BCUT2D eigenvalue weighted by molar-refractivity contribution is 0.0991. The molecule has 4 aromatic rings. The fraction of sp³-hybridized carbons (Fsp3) is 0.125. The molecule has 0 saturated carbocycles. The summed E-state index contributed by atoms with van der Waals surface area (Å²) in [5.41, 5.74) is 6.83.